The summed E-state index contributed by atoms with van der Waals surface area (Å²) in [6.45, 7) is 0. The van der Waals surface area contributed by atoms with Crippen LogP contribution in [-0.2, 0) is 30.3 Å². The zero-order valence-corrected chi connectivity index (χ0v) is 27.2. The number of alkyl halides is 1. The Morgan fingerprint density at radius 3 is 1.73 bits per heavy atom. The van der Waals surface area contributed by atoms with Gasteiger partial charge in [0.2, 0.25) is 10.0 Å². The maximum atomic E-state index is 13.7. The second kappa shape index (κ2) is 13.0. The lowest BCUT2D eigenvalue weighted by molar-refractivity contribution is 0.356. The molecule has 4 aromatic rings. The summed E-state index contributed by atoms with van der Waals surface area (Å²) in [6.07, 6.45) is 0. The minimum Gasteiger partial charge on any atom is -0.477 e. The van der Waals surface area contributed by atoms with E-state index in [0.29, 0.717) is 0 Å². The zero-order valence-electron chi connectivity index (χ0n) is 21.7. The number of halogens is 3. The third-order valence-corrected chi connectivity index (χ3v) is 9.86. The molecule has 0 bridgehead atoms. The minimum atomic E-state index is -5.29. The highest BCUT2D eigenvalue weighted by Crippen LogP contribution is 2.51. The minimum absolute atomic E-state index is 0.0815. The van der Waals surface area contributed by atoms with Crippen LogP contribution < -0.4 is 29.3 Å². The lowest BCUT2D eigenvalue weighted by Gasteiger charge is -2.21. The summed E-state index contributed by atoms with van der Waals surface area (Å²) >= 11 is 15.6. The fourth-order valence-electron chi connectivity index (χ4n) is 3.74. The van der Waals surface area contributed by atoms with Crippen molar-refractivity contribution in [3.63, 3.8) is 0 Å². The van der Waals surface area contributed by atoms with Gasteiger partial charge in [0.05, 0.1) is 5.69 Å². The molecule has 4 rings (SSSR count). The van der Waals surface area contributed by atoms with Crippen LogP contribution in [0.15, 0.2) is 87.5 Å². The molecule has 0 fully saturated rings. The van der Waals surface area contributed by atoms with Crippen LogP contribution in [0.5, 0.6) is 34.5 Å². The summed E-state index contributed by atoms with van der Waals surface area (Å²) in [5.74, 6) is -2.31. The van der Waals surface area contributed by atoms with Gasteiger partial charge < -0.3 is 24.1 Å². The second-order valence-electron chi connectivity index (χ2n) is 8.39. The molecule has 0 spiro atoms. The first-order valence-electron chi connectivity index (χ1n) is 11.6. The van der Waals surface area contributed by atoms with Gasteiger partial charge in [-0.1, -0.05) is 59.6 Å². The number of para-hydroxylation sites is 2. The third kappa shape index (κ3) is 7.16. The molecule has 0 unspecified atom stereocenters. The van der Waals surface area contributed by atoms with Crippen molar-refractivity contribution in [3.05, 3.63) is 82.8 Å². The normalized spacial score (nSPS) is 12.0. The first-order chi connectivity index (χ1) is 20.6. The first-order valence-corrected chi connectivity index (χ1v) is 17.9. The highest BCUT2D eigenvalue weighted by Gasteiger charge is 2.38. The Morgan fingerprint density at radius 1 is 0.705 bits per heavy atom. The van der Waals surface area contributed by atoms with Gasteiger partial charge in [-0.3, -0.25) is 4.55 Å². The lowest BCUT2D eigenvalue weighted by atomic mass is 10.2. The van der Waals surface area contributed by atoms with Crippen molar-refractivity contribution in [1.29, 1.82) is 0 Å². The van der Waals surface area contributed by atoms with Gasteiger partial charge in [-0.2, -0.15) is 16.8 Å². The Hall–Kier alpha value is -3.29. The summed E-state index contributed by atoms with van der Waals surface area (Å²) in [6, 6.07) is 17.3. The van der Waals surface area contributed by atoms with E-state index in [1.807, 2.05) is 0 Å². The van der Waals surface area contributed by atoms with Gasteiger partial charge in [0.25, 0.3) is 10.1 Å². The monoisotopic (exact) mass is 768 g/mol. The average molecular weight is 770 g/mol. The van der Waals surface area contributed by atoms with Crippen molar-refractivity contribution in [2.45, 2.75) is 14.7 Å². The van der Waals surface area contributed by atoms with Gasteiger partial charge in [-0.25, -0.2) is 13.6 Å². The van der Waals surface area contributed by atoms with Crippen molar-refractivity contribution in [2.24, 2.45) is 5.14 Å². The van der Waals surface area contributed by atoms with Gasteiger partial charge in [0.15, 0.2) is 31.9 Å². The number of sulfonamides is 1. The molecule has 0 aliphatic rings. The van der Waals surface area contributed by atoms with Crippen LogP contribution in [0.4, 0.5) is 5.69 Å². The van der Waals surface area contributed by atoms with E-state index in [0.717, 1.165) is 12.1 Å². The Labute approximate surface area is 270 Å². The molecule has 44 heavy (non-hydrogen) atoms. The SMILES string of the molecule is Nc1c(S(N)(=O)=O)c(OCBr)c(Oc2ccccc2)c(Cl)c1S(=O)(=O)Oc1ccc(Oc2ccccc2)c(S(=O)(=O)O)c1Cl. The second-order valence-corrected chi connectivity index (χ2v) is 13.9. The third-order valence-electron chi connectivity index (χ3n) is 5.45. The number of hydrogen-bond acceptors (Lipinski definition) is 11. The Morgan fingerprint density at radius 2 is 1.23 bits per heavy atom. The van der Waals surface area contributed by atoms with Crippen LogP contribution >= 0.6 is 39.1 Å². The largest absolute Gasteiger partial charge is 0.477 e. The average Bonchev–Trinajstić information content (AvgIpc) is 2.92. The van der Waals surface area contributed by atoms with Gasteiger partial charge in [-0.15, -0.1) is 0 Å². The molecule has 0 atom stereocenters. The number of ether oxygens (including phenoxy) is 3. The summed E-state index contributed by atoms with van der Waals surface area (Å²) < 4.78 is 109. The van der Waals surface area contributed by atoms with E-state index in [1.54, 1.807) is 36.4 Å². The number of anilines is 1. The molecule has 0 aliphatic heterocycles. The van der Waals surface area contributed by atoms with Crippen LogP contribution in [0.1, 0.15) is 0 Å². The number of primary sulfonamides is 1. The maximum absolute atomic E-state index is 13.7. The summed E-state index contributed by atoms with van der Waals surface area (Å²) in [7, 11) is -15.3. The molecule has 0 heterocycles. The van der Waals surface area contributed by atoms with Gasteiger partial charge in [-0.05, 0) is 52.3 Å². The molecular formula is C25H19BrCl2N2O11S3. The summed E-state index contributed by atoms with van der Waals surface area (Å²) in [5.41, 5.74) is 4.67. The number of hydrogen-bond donors (Lipinski definition) is 3. The lowest BCUT2D eigenvalue weighted by Crippen LogP contribution is -2.21. The van der Waals surface area contributed by atoms with Gasteiger partial charge >= 0.3 is 10.1 Å². The summed E-state index contributed by atoms with van der Waals surface area (Å²) in [4.78, 5) is -3.18. The first kappa shape index (κ1) is 33.6. The molecular weight excluding hydrogens is 751 g/mol. The van der Waals surface area contributed by atoms with Crippen LogP contribution in [0.2, 0.25) is 10.0 Å². The Bertz CT molecular complexity index is 2050. The predicted octanol–water partition coefficient (Wildman–Crippen LogP) is 5.55. The van der Waals surface area contributed by atoms with E-state index in [9.17, 15) is 29.8 Å². The molecule has 19 heteroatoms. The Kier molecular flexibility index (Phi) is 9.91. The zero-order chi connectivity index (χ0) is 32.4. The quantitative estimate of drug-likeness (QED) is 0.0742. The number of nitrogens with two attached hydrogens (primary N) is 2. The topological polar surface area (TPSA) is 212 Å². The molecule has 4 aromatic carbocycles. The predicted molar refractivity (Wildman–Crippen MR) is 164 cm³/mol. The standard InChI is InChI=1S/C25H19BrCl2N2O11S3/c26-13-38-22-21(40-15-9-5-2-6-10-15)19(28)24(20(29)25(22)42(30,31)32)44(36,37)41-16-11-12-17(23(18(16)27)43(33,34)35)39-14-7-3-1-4-8-14/h1-12H,13,29H2,(H2,30,31,32)(H,33,34,35). The molecule has 0 aliphatic carbocycles. The summed E-state index contributed by atoms with van der Waals surface area (Å²) in [5, 5.41) is 3.67. The van der Waals surface area contributed by atoms with Crippen LogP contribution in [0, 0.1) is 0 Å². The number of rotatable bonds is 11. The molecule has 0 aromatic heterocycles. The van der Waals surface area contributed by atoms with Gasteiger partial charge in [0, 0.05) is 0 Å². The molecule has 5 N–H and O–H groups in total. The van der Waals surface area contributed by atoms with Crippen molar-refractivity contribution >= 4 is 75.1 Å². The van der Waals surface area contributed by atoms with Crippen molar-refractivity contribution in [2.75, 3.05) is 11.2 Å². The molecule has 0 radical (unpaired) electrons. The van der Waals surface area contributed by atoms with E-state index in [-0.39, 0.29) is 17.0 Å². The molecule has 234 valence electrons. The highest BCUT2D eigenvalue weighted by atomic mass is 79.9. The molecule has 0 saturated carbocycles. The smallest absolute Gasteiger partial charge is 0.343 e. The molecule has 0 saturated heterocycles. The maximum Gasteiger partial charge on any atom is 0.343 e. The molecule has 0 amide bonds. The van der Waals surface area contributed by atoms with Crippen LogP contribution in [-0.4, -0.2) is 35.3 Å². The van der Waals surface area contributed by atoms with Crippen molar-refractivity contribution < 1.29 is 48.2 Å². The van der Waals surface area contributed by atoms with E-state index in [4.69, 9.17) is 52.5 Å². The van der Waals surface area contributed by atoms with Crippen LogP contribution in [0.25, 0.3) is 0 Å². The van der Waals surface area contributed by atoms with Crippen molar-refractivity contribution in [3.8, 4) is 34.5 Å². The fourth-order valence-corrected chi connectivity index (χ4v) is 7.73. The van der Waals surface area contributed by atoms with Gasteiger partial charge in [0.1, 0.15) is 32.8 Å². The van der Waals surface area contributed by atoms with Crippen LogP contribution in [0.3, 0.4) is 0 Å². The van der Waals surface area contributed by atoms with E-state index >= 15 is 0 Å². The van der Waals surface area contributed by atoms with Crippen molar-refractivity contribution in [1.82, 2.24) is 0 Å². The van der Waals surface area contributed by atoms with E-state index in [1.165, 1.54) is 24.3 Å². The number of nitrogen functional groups attached to an aromatic ring is 1. The Balaban J connectivity index is 1.92. The molecule has 13 nitrogen and oxygen atoms in total. The van der Waals surface area contributed by atoms with E-state index < -0.39 is 83.7 Å². The van der Waals surface area contributed by atoms with E-state index in [2.05, 4.69) is 15.9 Å². The highest BCUT2D eigenvalue weighted by molar-refractivity contribution is 9.09. The number of benzene rings is 4. The fraction of sp³-hybridized carbons (Fsp3) is 0.0400.